The van der Waals surface area contributed by atoms with Crippen LogP contribution in [0.5, 0.6) is 0 Å². The molecule has 5 heteroatoms. The van der Waals surface area contributed by atoms with Gasteiger partial charge in [-0.2, -0.15) is 0 Å². The van der Waals surface area contributed by atoms with E-state index in [9.17, 15) is 4.79 Å². The summed E-state index contributed by atoms with van der Waals surface area (Å²) >= 11 is 0. The van der Waals surface area contributed by atoms with Crippen molar-refractivity contribution in [3.05, 3.63) is 74.2 Å². The van der Waals surface area contributed by atoms with E-state index in [0.29, 0.717) is 6.54 Å². The third-order valence-electron chi connectivity index (χ3n) is 6.18. The molecule has 1 aliphatic carbocycles. The number of rotatable bonds is 9. The smallest absolute Gasteiger partial charge is 0.261 e. The second-order valence-electron chi connectivity index (χ2n) is 8.65. The maximum Gasteiger partial charge on any atom is 0.261 e. The molecule has 0 unspecified atom stereocenters. The van der Waals surface area contributed by atoms with Gasteiger partial charge < -0.3 is 4.57 Å². The lowest BCUT2D eigenvalue weighted by Crippen LogP contribution is -2.39. The van der Waals surface area contributed by atoms with Gasteiger partial charge in [-0.15, -0.1) is 5.47 Å². The van der Waals surface area contributed by atoms with Crippen LogP contribution in [-0.2, 0) is 6.54 Å². The van der Waals surface area contributed by atoms with Gasteiger partial charge in [0.25, 0.3) is 5.56 Å². The molecule has 164 valence electrons. The second-order valence-corrected chi connectivity index (χ2v) is 8.65. The van der Waals surface area contributed by atoms with Crippen LogP contribution in [-0.4, -0.2) is 25.2 Å². The molecular formula is C26H38B2N2O. The Balaban J connectivity index is 2.75. The van der Waals surface area contributed by atoms with Crippen molar-refractivity contribution in [3.8, 4) is 0 Å². The zero-order valence-electron chi connectivity index (χ0n) is 20.6. The highest BCUT2D eigenvalue weighted by atomic mass is 16.1. The molecule has 0 aliphatic heterocycles. The lowest BCUT2D eigenvalue weighted by Gasteiger charge is -2.23. The number of unbranched alkanes of at least 4 members (excludes halogenated alkanes) is 1. The van der Waals surface area contributed by atoms with Crippen molar-refractivity contribution in [2.24, 2.45) is 0 Å². The summed E-state index contributed by atoms with van der Waals surface area (Å²) in [6, 6.07) is 0. The number of allylic oxidation sites excluding steroid dienone is 10. The van der Waals surface area contributed by atoms with Crippen LogP contribution in [0, 0.1) is 6.92 Å². The Morgan fingerprint density at radius 2 is 1.94 bits per heavy atom. The Morgan fingerprint density at radius 3 is 2.48 bits per heavy atom. The average molecular weight is 416 g/mol. The minimum Gasteiger partial charge on any atom is -0.301 e. The number of nitrogens with zero attached hydrogens (tertiary/aromatic N) is 2. The fourth-order valence-corrected chi connectivity index (χ4v) is 4.17. The first-order valence-corrected chi connectivity index (χ1v) is 11.8. The Morgan fingerprint density at radius 1 is 1.23 bits per heavy atom. The molecule has 0 radical (unpaired) electrons. The highest BCUT2D eigenvalue weighted by Crippen LogP contribution is 2.30. The first-order chi connectivity index (χ1) is 14.8. The predicted molar refractivity (Wildman–Crippen MR) is 141 cm³/mol. The maximum atomic E-state index is 13.9. The molecule has 1 aromatic rings. The van der Waals surface area contributed by atoms with Crippen LogP contribution in [0.3, 0.4) is 0 Å². The van der Waals surface area contributed by atoms with E-state index in [4.69, 9.17) is 4.98 Å². The highest BCUT2D eigenvalue weighted by molar-refractivity contribution is 6.29. The monoisotopic (exact) mass is 416 g/mol. The predicted octanol–water partition coefficient (Wildman–Crippen LogP) is 3.92. The first-order valence-electron chi connectivity index (χ1n) is 11.8. The molecule has 31 heavy (non-hydrogen) atoms. The first kappa shape index (κ1) is 25.0. The Kier molecular flexibility index (Phi) is 9.61. The molecular weight excluding hydrogens is 378 g/mol. The summed E-state index contributed by atoms with van der Waals surface area (Å²) in [6.45, 7) is 11.0. The summed E-state index contributed by atoms with van der Waals surface area (Å²) in [4.78, 5) is 18.7. The van der Waals surface area contributed by atoms with Crippen LogP contribution in [0.4, 0.5) is 0 Å². The van der Waals surface area contributed by atoms with Crippen molar-refractivity contribution in [1.82, 2.24) is 9.55 Å². The van der Waals surface area contributed by atoms with Gasteiger partial charge in [0.1, 0.15) is 7.85 Å². The molecule has 1 fully saturated rings. The minimum absolute atomic E-state index is 0.0750. The van der Waals surface area contributed by atoms with Crippen molar-refractivity contribution in [3.63, 3.8) is 0 Å². The number of aryl methyl sites for hydroxylation is 1. The van der Waals surface area contributed by atoms with E-state index < -0.39 is 0 Å². The van der Waals surface area contributed by atoms with E-state index in [1.165, 1.54) is 35.9 Å². The highest BCUT2D eigenvalue weighted by Gasteiger charge is 2.20. The fraction of sp³-hybridized carbons (Fsp3) is 0.462. The molecule has 0 saturated heterocycles. The van der Waals surface area contributed by atoms with E-state index in [2.05, 4.69) is 33.8 Å². The van der Waals surface area contributed by atoms with Crippen LogP contribution in [0.1, 0.15) is 77.5 Å². The molecule has 2 rings (SSSR count). The molecule has 0 spiro atoms. The molecule has 1 heterocycles. The topological polar surface area (TPSA) is 34.9 Å². The summed E-state index contributed by atoms with van der Waals surface area (Å²) in [5.74, 6) is 0. The van der Waals surface area contributed by atoms with E-state index in [1.54, 1.807) is 0 Å². The van der Waals surface area contributed by atoms with Gasteiger partial charge in [-0.1, -0.05) is 61.3 Å². The molecule has 1 saturated carbocycles. The average Bonchev–Trinajstić information content (AvgIpc) is 2.68. The molecule has 0 amide bonds. The molecule has 1 aliphatic rings. The molecule has 0 aromatic carbocycles. The van der Waals surface area contributed by atoms with E-state index in [0.717, 1.165) is 47.4 Å². The molecule has 0 atom stereocenters. The zero-order valence-corrected chi connectivity index (χ0v) is 20.6. The molecule has 0 N–H and O–H groups in total. The van der Waals surface area contributed by atoms with E-state index in [1.807, 2.05) is 51.4 Å². The third-order valence-corrected chi connectivity index (χ3v) is 6.18. The van der Waals surface area contributed by atoms with Crippen LogP contribution in [0.15, 0.2) is 57.4 Å². The Labute approximate surface area is 190 Å². The summed E-state index contributed by atoms with van der Waals surface area (Å²) in [5, 5.41) is 0. The lowest BCUT2D eigenvalue weighted by molar-refractivity contribution is 0.626. The van der Waals surface area contributed by atoms with E-state index >= 15 is 0 Å². The largest absolute Gasteiger partial charge is 0.301 e. The Bertz CT molecular complexity index is 1000. The van der Waals surface area contributed by atoms with Crippen molar-refractivity contribution in [2.75, 3.05) is 0 Å². The van der Waals surface area contributed by atoms with Crippen molar-refractivity contribution in [2.45, 2.75) is 79.7 Å². The van der Waals surface area contributed by atoms with Crippen LogP contribution in [0.25, 0.3) is 5.57 Å². The Hall–Kier alpha value is -2.29. The van der Waals surface area contributed by atoms with Gasteiger partial charge in [-0.3, -0.25) is 9.78 Å². The van der Waals surface area contributed by atoms with E-state index in [-0.39, 0.29) is 5.56 Å². The normalized spacial score (nSPS) is 15.5. The van der Waals surface area contributed by atoms with Gasteiger partial charge in [0.05, 0.1) is 17.0 Å². The van der Waals surface area contributed by atoms with Crippen LogP contribution >= 0.6 is 0 Å². The van der Waals surface area contributed by atoms with Gasteiger partial charge in [0.15, 0.2) is 7.85 Å². The number of hydrogen-bond donors (Lipinski definition) is 0. The summed E-state index contributed by atoms with van der Waals surface area (Å²) < 4.78 is 1.87. The quantitative estimate of drug-likeness (QED) is 0.348. The standard InChI is InChI=1S/C26H38B2N2O/c1-6-9-13-21(12-8-3)24(22(27)16-10-7-2)23-19(5)29-26(28)30(25(23)31)17-18(4)20-14-11-15-20/h6,8-9,12-13H,7,10-11,14-17,27-28H2,1-5H3/b9-6-,12-8-,21-13+,24-22+. The van der Waals surface area contributed by atoms with Gasteiger partial charge in [0.2, 0.25) is 0 Å². The molecule has 3 nitrogen and oxygen atoms in total. The molecule has 1 aromatic heterocycles. The van der Waals surface area contributed by atoms with Crippen molar-refractivity contribution < 1.29 is 0 Å². The second kappa shape index (κ2) is 11.9. The van der Waals surface area contributed by atoms with Crippen LogP contribution in [0.2, 0.25) is 0 Å². The number of aromatic nitrogens is 2. The van der Waals surface area contributed by atoms with Gasteiger partial charge in [-0.25, -0.2) is 0 Å². The summed E-state index contributed by atoms with van der Waals surface area (Å²) in [6.07, 6.45) is 17.2. The summed E-state index contributed by atoms with van der Waals surface area (Å²) in [5.41, 5.74) is 8.62. The zero-order chi connectivity index (χ0) is 23.0. The molecule has 0 bridgehead atoms. The summed E-state index contributed by atoms with van der Waals surface area (Å²) in [7, 11) is 4.12. The van der Waals surface area contributed by atoms with Crippen LogP contribution < -0.4 is 11.3 Å². The lowest BCUT2D eigenvalue weighted by atomic mass is 9.79. The van der Waals surface area contributed by atoms with Gasteiger partial charge >= 0.3 is 0 Å². The SMILES string of the molecule is B\C(CCCC)=C(C(/C=C\C)=C/C=C\C)\c1c(C)nc(B)n(CC(C)=C2CCC2)c1=O. The van der Waals surface area contributed by atoms with Gasteiger partial charge in [0, 0.05) is 6.54 Å². The third kappa shape index (κ3) is 6.12. The van der Waals surface area contributed by atoms with Gasteiger partial charge in [-0.05, 0) is 64.5 Å². The van der Waals surface area contributed by atoms with Crippen molar-refractivity contribution >= 4 is 27.0 Å². The van der Waals surface area contributed by atoms with Crippen molar-refractivity contribution in [1.29, 1.82) is 0 Å². The minimum atomic E-state index is 0.0750. The fourth-order valence-electron chi connectivity index (χ4n) is 4.17. The maximum absolute atomic E-state index is 13.9. The number of hydrogen-bond acceptors (Lipinski definition) is 2.